The van der Waals surface area contributed by atoms with Gasteiger partial charge in [0.05, 0.1) is 6.61 Å². The summed E-state index contributed by atoms with van der Waals surface area (Å²) in [5.41, 5.74) is 0. The van der Waals surface area contributed by atoms with E-state index in [2.05, 4.69) is 4.99 Å². The molecule has 0 amide bonds. The molecule has 0 saturated heterocycles. The molecule has 4 heteroatoms. The van der Waals surface area contributed by atoms with Crippen molar-refractivity contribution >= 4 is 11.9 Å². The summed E-state index contributed by atoms with van der Waals surface area (Å²) in [5, 5.41) is 0. The van der Waals surface area contributed by atoms with Gasteiger partial charge in [0.15, 0.2) is 6.10 Å². The Morgan fingerprint density at radius 2 is 2.50 bits per heavy atom. The smallest absolute Gasteiger partial charge is 0.303 e. The van der Waals surface area contributed by atoms with Crippen molar-refractivity contribution in [3.8, 4) is 0 Å². The molecule has 4 nitrogen and oxygen atoms in total. The van der Waals surface area contributed by atoms with Crippen LogP contribution in [0.2, 0.25) is 0 Å². The molecule has 0 aromatic rings. The largest absolute Gasteiger partial charge is 0.479 e. The maximum Gasteiger partial charge on any atom is 0.303 e. The molecule has 0 aromatic heterocycles. The topological polar surface area (TPSA) is 47.9 Å². The molecule has 0 unspecified atom stereocenters. The predicted octanol–water partition coefficient (Wildman–Crippen LogP) is 0.757. The van der Waals surface area contributed by atoms with E-state index >= 15 is 0 Å². The number of hydrogen-bond donors (Lipinski definition) is 0. The second-order valence-corrected chi connectivity index (χ2v) is 2.54. The molecule has 12 heavy (non-hydrogen) atoms. The molecular formula is C8H13NO3. The molecule has 0 saturated carbocycles. The first-order chi connectivity index (χ1) is 5.74. The summed E-state index contributed by atoms with van der Waals surface area (Å²) in [6.45, 7) is 4.53. The maximum absolute atomic E-state index is 10.6. The Bertz CT molecular complexity index is 200. The zero-order valence-corrected chi connectivity index (χ0v) is 7.37. The molecule has 1 rings (SSSR count). The first kappa shape index (κ1) is 9.03. The lowest BCUT2D eigenvalue weighted by Crippen LogP contribution is -2.24. The van der Waals surface area contributed by atoms with Gasteiger partial charge in [0.25, 0.3) is 0 Å². The third-order valence-electron chi connectivity index (χ3n) is 1.53. The van der Waals surface area contributed by atoms with E-state index in [4.69, 9.17) is 9.47 Å². The lowest BCUT2D eigenvalue weighted by Gasteiger charge is -2.12. The molecular weight excluding hydrogens is 158 g/mol. The van der Waals surface area contributed by atoms with E-state index in [0.717, 1.165) is 6.42 Å². The third kappa shape index (κ3) is 2.22. The van der Waals surface area contributed by atoms with Gasteiger partial charge in [-0.15, -0.1) is 0 Å². The molecule has 1 aliphatic heterocycles. The predicted molar refractivity (Wildman–Crippen MR) is 44.1 cm³/mol. The second kappa shape index (κ2) is 4.09. The Hall–Kier alpha value is -1.06. The van der Waals surface area contributed by atoms with Crippen LogP contribution < -0.4 is 0 Å². The molecule has 0 fully saturated rings. The lowest BCUT2D eigenvalue weighted by atomic mass is 10.3. The summed E-state index contributed by atoms with van der Waals surface area (Å²) in [4.78, 5) is 14.7. The minimum absolute atomic E-state index is 0.248. The average molecular weight is 171 g/mol. The molecule has 1 atom stereocenters. The quantitative estimate of drug-likeness (QED) is 0.576. The van der Waals surface area contributed by atoms with Crippen LogP contribution in [0.1, 0.15) is 20.3 Å². The summed E-state index contributed by atoms with van der Waals surface area (Å²) in [7, 11) is 0. The summed E-state index contributed by atoms with van der Waals surface area (Å²) in [6, 6.07) is 0. The van der Waals surface area contributed by atoms with Crippen molar-refractivity contribution in [2.45, 2.75) is 26.4 Å². The van der Waals surface area contributed by atoms with Gasteiger partial charge < -0.3 is 9.47 Å². The molecule has 68 valence electrons. The highest BCUT2D eigenvalue weighted by molar-refractivity contribution is 5.84. The molecule has 0 N–H and O–H groups in total. The van der Waals surface area contributed by atoms with Crippen LogP contribution in [-0.2, 0) is 14.3 Å². The standard InChI is InChI=1S/C8H13NO3/c1-3-11-8-7(4-5-9-8)12-6(2)10/h7H,3-5H2,1-2H3/t7-/m0/s1. The Morgan fingerprint density at radius 3 is 3.08 bits per heavy atom. The summed E-state index contributed by atoms with van der Waals surface area (Å²) in [6.07, 6.45) is 0.497. The fourth-order valence-corrected chi connectivity index (χ4v) is 1.11. The third-order valence-corrected chi connectivity index (χ3v) is 1.53. The number of esters is 1. The fourth-order valence-electron chi connectivity index (χ4n) is 1.11. The number of carbonyl (C=O) groups is 1. The van der Waals surface area contributed by atoms with E-state index in [1.165, 1.54) is 6.92 Å². The summed E-state index contributed by atoms with van der Waals surface area (Å²) >= 11 is 0. The fraction of sp³-hybridized carbons (Fsp3) is 0.750. The SMILES string of the molecule is CCOC1=NCC[C@@H]1OC(C)=O. The minimum atomic E-state index is -0.283. The Morgan fingerprint density at radius 1 is 1.75 bits per heavy atom. The van der Waals surface area contributed by atoms with Gasteiger partial charge >= 0.3 is 5.97 Å². The zero-order valence-electron chi connectivity index (χ0n) is 7.37. The number of ether oxygens (including phenoxy) is 2. The monoisotopic (exact) mass is 171 g/mol. The van der Waals surface area contributed by atoms with Crippen molar-refractivity contribution in [2.75, 3.05) is 13.2 Å². The lowest BCUT2D eigenvalue weighted by molar-refractivity contribution is -0.143. The van der Waals surface area contributed by atoms with Gasteiger partial charge in [-0.1, -0.05) is 0 Å². The van der Waals surface area contributed by atoms with Gasteiger partial charge in [0.1, 0.15) is 0 Å². The van der Waals surface area contributed by atoms with Crippen LogP contribution in [-0.4, -0.2) is 31.1 Å². The van der Waals surface area contributed by atoms with Gasteiger partial charge in [0, 0.05) is 19.9 Å². The normalized spacial score (nSPS) is 21.8. The van der Waals surface area contributed by atoms with Gasteiger partial charge in [-0.05, 0) is 6.92 Å². The zero-order chi connectivity index (χ0) is 8.97. The Balaban J connectivity index is 2.44. The van der Waals surface area contributed by atoms with Gasteiger partial charge in [0.2, 0.25) is 5.90 Å². The molecule has 0 aliphatic carbocycles. The van der Waals surface area contributed by atoms with Crippen LogP contribution in [0.25, 0.3) is 0 Å². The molecule has 1 aliphatic rings. The first-order valence-corrected chi connectivity index (χ1v) is 4.08. The molecule has 0 aromatic carbocycles. The van der Waals surface area contributed by atoms with Crippen LogP contribution in [0, 0.1) is 0 Å². The van der Waals surface area contributed by atoms with Crippen molar-refractivity contribution < 1.29 is 14.3 Å². The molecule has 0 bridgehead atoms. The average Bonchev–Trinajstić information content (AvgIpc) is 2.37. The van der Waals surface area contributed by atoms with E-state index in [0.29, 0.717) is 19.0 Å². The second-order valence-electron chi connectivity index (χ2n) is 2.54. The maximum atomic E-state index is 10.6. The van der Waals surface area contributed by atoms with E-state index in [1.807, 2.05) is 6.92 Å². The van der Waals surface area contributed by atoms with E-state index in [9.17, 15) is 4.79 Å². The van der Waals surface area contributed by atoms with Crippen molar-refractivity contribution in [3.05, 3.63) is 0 Å². The van der Waals surface area contributed by atoms with E-state index < -0.39 is 0 Å². The molecule has 0 spiro atoms. The van der Waals surface area contributed by atoms with Crippen LogP contribution >= 0.6 is 0 Å². The molecule has 1 heterocycles. The van der Waals surface area contributed by atoms with E-state index in [-0.39, 0.29) is 12.1 Å². The Labute approximate surface area is 71.6 Å². The van der Waals surface area contributed by atoms with Crippen LogP contribution in [0.4, 0.5) is 0 Å². The number of carbonyl (C=O) groups excluding carboxylic acids is 1. The van der Waals surface area contributed by atoms with Gasteiger partial charge in [-0.2, -0.15) is 0 Å². The summed E-state index contributed by atoms with van der Waals surface area (Å²) in [5.74, 6) is 0.280. The highest BCUT2D eigenvalue weighted by atomic mass is 16.6. The van der Waals surface area contributed by atoms with Crippen LogP contribution in [0.5, 0.6) is 0 Å². The number of rotatable bonds is 2. The molecule has 0 radical (unpaired) electrons. The number of hydrogen-bond acceptors (Lipinski definition) is 4. The number of aliphatic imine (C=N–C) groups is 1. The Kier molecular flexibility index (Phi) is 3.08. The van der Waals surface area contributed by atoms with Crippen molar-refractivity contribution in [2.24, 2.45) is 4.99 Å². The summed E-state index contributed by atoms with van der Waals surface area (Å²) < 4.78 is 10.2. The number of nitrogens with zero attached hydrogens (tertiary/aromatic N) is 1. The highest BCUT2D eigenvalue weighted by Gasteiger charge is 2.24. The van der Waals surface area contributed by atoms with E-state index in [1.54, 1.807) is 0 Å². The van der Waals surface area contributed by atoms with Crippen molar-refractivity contribution in [1.29, 1.82) is 0 Å². The van der Waals surface area contributed by atoms with Gasteiger partial charge in [-0.3, -0.25) is 9.79 Å². The van der Waals surface area contributed by atoms with Crippen molar-refractivity contribution in [1.82, 2.24) is 0 Å². The van der Waals surface area contributed by atoms with Crippen molar-refractivity contribution in [3.63, 3.8) is 0 Å². The van der Waals surface area contributed by atoms with Crippen LogP contribution in [0.3, 0.4) is 0 Å². The van der Waals surface area contributed by atoms with Gasteiger partial charge in [-0.25, -0.2) is 0 Å². The highest BCUT2D eigenvalue weighted by Crippen LogP contribution is 2.11. The minimum Gasteiger partial charge on any atom is -0.479 e. The van der Waals surface area contributed by atoms with Crippen LogP contribution in [0.15, 0.2) is 4.99 Å². The first-order valence-electron chi connectivity index (χ1n) is 4.08.